The summed E-state index contributed by atoms with van der Waals surface area (Å²) in [6.45, 7) is 0. The van der Waals surface area contributed by atoms with Gasteiger partial charge in [-0.25, -0.2) is 0 Å². The van der Waals surface area contributed by atoms with Gasteiger partial charge in [-0.15, -0.1) is 0 Å². The van der Waals surface area contributed by atoms with E-state index >= 15 is 0 Å². The Kier molecular flexibility index (Phi) is 148. The third-order valence-corrected chi connectivity index (χ3v) is 0. The summed E-state index contributed by atoms with van der Waals surface area (Å²) in [5, 5.41) is 0. The number of hydrogen-bond donors (Lipinski definition) is 0. The van der Waals surface area contributed by atoms with Crippen LogP contribution in [0.15, 0.2) is 0 Å². The molecule has 0 bridgehead atoms. The number of rotatable bonds is 0. The molecule has 0 rings (SSSR count). The van der Waals surface area contributed by atoms with Crippen molar-refractivity contribution < 1.29 is 152 Å². The average molecular weight is 535 g/mol. The zero-order valence-electron chi connectivity index (χ0n) is 2.30. The van der Waals surface area contributed by atoms with Gasteiger partial charge in [0, 0.05) is 160 Å². The van der Waals surface area contributed by atoms with E-state index in [-0.39, 0.29) is 160 Å². The van der Waals surface area contributed by atoms with Crippen molar-refractivity contribution in [2.24, 2.45) is 0 Å². The molecule has 0 N–H and O–H groups in total. The summed E-state index contributed by atoms with van der Waals surface area (Å²) in [4.78, 5) is 0. The predicted molar refractivity (Wildman–Crippen MR) is 5.75 cm³/mol. The summed E-state index contributed by atoms with van der Waals surface area (Å²) >= 11 is 0. The molecule has 0 aliphatic rings. The zero-order chi connectivity index (χ0) is 0. The normalized spacial score (nSPS) is 0. The van der Waals surface area contributed by atoms with Gasteiger partial charge in [0.1, 0.15) is 0 Å². The molecule has 0 saturated heterocycles. The SMILES string of the molecule is [B].[Ho].[Pr].[Sc].[Yb]. The topological polar surface area (TPSA) is 0 Å². The molecule has 0 aromatic heterocycles. The van der Waals surface area contributed by atoms with Crippen molar-refractivity contribution in [2.75, 3.05) is 0 Å². The van der Waals surface area contributed by atoms with Gasteiger partial charge in [-0.3, -0.25) is 0 Å². The zero-order valence-corrected chi connectivity index (χ0v) is 11.5. The maximum absolute atomic E-state index is 0. The predicted octanol–water partition coefficient (Wildman–Crippen LogP) is -0.383. The van der Waals surface area contributed by atoms with Crippen LogP contribution in [0.4, 0.5) is 0 Å². The second-order valence-corrected chi connectivity index (χ2v) is 0. The van der Waals surface area contributed by atoms with Gasteiger partial charge < -0.3 is 0 Å². The van der Waals surface area contributed by atoms with Gasteiger partial charge in [0.15, 0.2) is 0 Å². The van der Waals surface area contributed by atoms with Crippen LogP contribution in [0, 0.1) is 126 Å². The van der Waals surface area contributed by atoms with E-state index < -0.39 is 0 Å². The molecule has 0 aliphatic carbocycles. The van der Waals surface area contributed by atoms with Crippen LogP contribution in [0.2, 0.25) is 0 Å². The minimum absolute atomic E-state index is 0. The van der Waals surface area contributed by atoms with E-state index in [1.807, 2.05) is 0 Å². The van der Waals surface area contributed by atoms with Crippen molar-refractivity contribution in [2.45, 2.75) is 0 Å². The molecular weight excluding hydrogens is 535 g/mol. The fraction of sp³-hybridized carbons (Fsp3) is 0. The van der Waals surface area contributed by atoms with Crippen molar-refractivity contribution in [3.63, 3.8) is 0 Å². The molecule has 0 aromatic rings. The van der Waals surface area contributed by atoms with E-state index in [4.69, 9.17) is 0 Å². The Hall–Kier alpha value is 5.08. The Balaban J connectivity index is 0. The van der Waals surface area contributed by atoms with Crippen molar-refractivity contribution in [3.05, 3.63) is 0 Å². The smallest absolute Gasteiger partial charge is 0 e. The van der Waals surface area contributed by atoms with Crippen LogP contribution in [0.3, 0.4) is 0 Å². The molecule has 0 aliphatic heterocycles. The van der Waals surface area contributed by atoms with Crippen LogP contribution >= 0.6 is 0 Å². The Bertz CT molecular complexity index is 11.6. The first-order chi connectivity index (χ1) is 0. The van der Waals surface area contributed by atoms with E-state index in [9.17, 15) is 0 Å². The molecule has 0 atom stereocenters. The van der Waals surface area contributed by atoms with E-state index in [2.05, 4.69) is 0 Å². The second-order valence-electron chi connectivity index (χ2n) is 0. The van der Waals surface area contributed by atoms with Gasteiger partial charge in [0.25, 0.3) is 0 Å². The molecule has 0 heterocycles. The summed E-state index contributed by atoms with van der Waals surface area (Å²) in [5.74, 6) is 0. The minimum Gasteiger partial charge on any atom is 0 e. The van der Waals surface area contributed by atoms with Gasteiger partial charge in [-0.2, -0.15) is 0 Å². The largest absolute Gasteiger partial charge is 0 e. The molecule has 0 spiro atoms. The van der Waals surface area contributed by atoms with Crippen LogP contribution in [-0.2, 0) is 25.8 Å². The summed E-state index contributed by atoms with van der Waals surface area (Å²) in [6.07, 6.45) is 0. The van der Waals surface area contributed by atoms with Crippen LogP contribution < -0.4 is 0 Å². The fourth-order valence-corrected chi connectivity index (χ4v) is 0. The van der Waals surface area contributed by atoms with Crippen molar-refractivity contribution in [1.29, 1.82) is 0 Å². The van der Waals surface area contributed by atoms with E-state index in [1.54, 1.807) is 0 Å². The second kappa shape index (κ2) is 23.0. The Labute approximate surface area is 155 Å². The fourth-order valence-electron chi connectivity index (χ4n) is 0. The molecule has 0 saturated carbocycles. The maximum atomic E-state index is 0. The summed E-state index contributed by atoms with van der Waals surface area (Å²) in [5.41, 5.74) is 0. The Morgan fingerprint density at radius 3 is 1.00 bits per heavy atom. The molecule has 34 valence electrons. The van der Waals surface area contributed by atoms with E-state index in [0.29, 0.717) is 0 Å². The molecule has 0 aromatic carbocycles. The van der Waals surface area contributed by atoms with E-state index in [1.165, 1.54) is 0 Å². The van der Waals surface area contributed by atoms with Crippen LogP contribution in [-0.4, -0.2) is 8.41 Å². The van der Waals surface area contributed by atoms with Crippen LogP contribution in [0.1, 0.15) is 0 Å². The summed E-state index contributed by atoms with van der Waals surface area (Å²) in [7, 11) is 0. The first kappa shape index (κ1) is 32.2. The molecule has 0 fully saturated rings. The Morgan fingerprint density at radius 1 is 1.00 bits per heavy atom. The number of hydrogen-bond acceptors (Lipinski definition) is 0. The monoisotopic (exact) mass is 536 g/mol. The van der Waals surface area contributed by atoms with Gasteiger partial charge in [0.05, 0.1) is 0 Å². The minimum atomic E-state index is 0. The van der Waals surface area contributed by atoms with E-state index in [0.717, 1.165) is 0 Å². The standard InChI is InChI=1S/B.Ho.Pr.Sc.Yb. The average Bonchev–Trinajstić information content (AvgIpc) is 0. The summed E-state index contributed by atoms with van der Waals surface area (Å²) in [6, 6.07) is 0. The van der Waals surface area contributed by atoms with Gasteiger partial charge in [0.2, 0.25) is 0 Å². The quantitative estimate of drug-likeness (QED) is 0.372. The Morgan fingerprint density at radius 2 is 1.00 bits per heavy atom. The molecule has 0 unspecified atom stereocenters. The van der Waals surface area contributed by atoms with Gasteiger partial charge in [-0.1, -0.05) is 0 Å². The van der Waals surface area contributed by atoms with Gasteiger partial charge in [-0.05, 0) is 0 Å². The van der Waals surface area contributed by atoms with Gasteiger partial charge >= 0.3 is 0 Å². The first-order valence-electron chi connectivity index (χ1n) is 0. The van der Waals surface area contributed by atoms with Crippen LogP contribution in [0.25, 0.3) is 0 Å². The third kappa shape index (κ3) is 17.6. The van der Waals surface area contributed by atoms with Crippen molar-refractivity contribution in [1.82, 2.24) is 0 Å². The molecule has 0 amide bonds. The summed E-state index contributed by atoms with van der Waals surface area (Å²) < 4.78 is 0. The van der Waals surface area contributed by atoms with Crippen molar-refractivity contribution >= 4 is 8.41 Å². The van der Waals surface area contributed by atoms with Crippen LogP contribution in [0.5, 0.6) is 0 Å². The first-order valence-corrected chi connectivity index (χ1v) is 0. The molecule has 5 heavy (non-hydrogen) atoms. The molecule has 0 nitrogen and oxygen atoms in total. The molecule has 5 heteroatoms. The van der Waals surface area contributed by atoms with Crippen molar-refractivity contribution in [3.8, 4) is 0 Å². The molecular formula is BHoPrScYb. The third-order valence-electron chi connectivity index (χ3n) is 0. The maximum Gasteiger partial charge on any atom is 0 e. The molecule has 6 radical (unpaired) electrons.